The van der Waals surface area contributed by atoms with Crippen LogP contribution in [0.1, 0.15) is 18.7 Å². The number of benzene rings is 2. The van der Waals surface area contributed by atoms with Crippen molar-refractivity contribution in [2.45, 2.75) is 12.8 Å². The molecule has 1 aliphatic rings. The van der Waals surface area contributed by atoms with Crippen LogP contribution in [0.25, 0.3) is 22.9 Å². The SMILES string of the molecule is C(=C/N1CCCC1)/c1nnnn1-c1ccc(-c2ccccc2)cc1. The molecule has 0 N–H and O–H groups in total. The lowest BCUT2D eigenvalue weighted by Crippen LogP contribution is -2.10. The van der Waals surface area contributed by atoms with E-state index in [1.54, 1.807) is 4.68 Å². The Labute approximate surface area is 141 Å². The molecule has 1 aromatic heterocycles. The van der Waals surface area contributed by atoms with E-state index < -0.39 is 0 Å². The van der Waals surface area contributed by atoms with Crippen LogP contribution in [-0.2, 0) is 0 Å². The van der Waals surface area contributed by atoms with E-state index in [2.05, 4.69) is 50.9 Å². The highest BCUT2D eigenvalue weighted by molar-refractivity contribution is 5.64. The summed E-state index contributed by atoms with van der Waals surface area (Å²) in [5.74, 6) is 0.745. The Morgan fingerprint density at radius 2 is 1.54 bits per heavy atom. The maximum absolute atomic E-state index is 4.12. The molecule has 24 heavy (non-hydrogen) atoms. The molecular formula is C19H19N5. The average Bonchev–Trinajstić information content (AvgIpc) is 3.32. The molecular weight excluding hydrogens is 298 g/mol. The Balaban J connectivity index is 1.57. The van der Waals surface area contributed by atoms with Crippen LogP contribution in [0.3, 0.4) is 0 Å². The van der Waals surface area contributed by atoms with Crippen LogP contribution in [0, 0.1) is 0 Å². The zero-order valence-corrected chi connectivity index (χ0v) is 13.4. The predicted molar refractivity (Wildman–Crippen MR) is 94.4 cm³/mol. The quantitative estimate of drug-likeness (QED) is 0.740. The van der Waals surface area contributed by atoms with E-state index >= 15 is 0 Å². The first-order chi connectivity index (χ1) is 11.9. The molecule has 120 valence electrons. The molecule has 0 aliphatic carbocycles. The van der Waals surface area contributed by atoms with Crippen molar-refractivity contribution in [3.05, 3.63) is 66.6 Å². The minimum Gasteiger partial charge on any atom is -0.377 e. The summed E-state index contributed by atoms with van der Waals surface area (Å²) in [6, 6.07) is 18.6. The van der Waals surface area contributed by atoms with Crippen molar-refractivity contribution in [2.75, 3.05) is 13.1 Å². The van der Waals surface area contributed by atoms with Gasteiger partial charge in [-0.05, 0) is 46.5 Å². The Bertz CT molecular complexity index is 814. The van der Waals surface area contributed by atoms with Crippen molar-refractivity contribution < 1.29 is 0 Å². The van der Waals surface area contributed by atoms with Crippen LogP contribution in [0.4, 0.5) is 0 Å². The van der Waals surface area contributed by atoms with E-state index in [-0.39, 0.29) is 0 Å². The van der Waals surface area contributed by atoms with Crippen molar-refractivity contribution in [2.24, 2.45) is 0 Å². The lowest BCUT2D eigenvalue weighted by Gasteiger charge is -2.10. The van der Waals surface area contributed by atoms with Crippen molar-refractivity contribution >= 4 is 6.08 Å². The summed E-state index contributed by atoms with van der Waals surface area (Å²) >= 11 is 0. The molecule has 0 saturated carbocycles. The fourth-order valence-corrected chi connectivity index (χ4v) is 2.97. The number of aromatic nitrogens is 4. The maximum Gasteiger partial charge on any atom is 0.181 e. The fraction of sp³-hybridized carbons (Fsp3) is 0.211. The minimum absolute atomic E-state index is 0.745. The molecule has 5 nitrogen and oxygen atoms in total. The molecule has 0 atom stereocenters. The van der Waals surface area contributed by atoms with Gasteiger partial charge < -0.3 is 4.90 Å². The number of tetrazole rings is 1. The van der Waals surface area contributed by atoms with Crippen LogP contribution in [0.15, 0.2) is 60.8 Å². The Hall–Kier alpha value is -2.95. The maximum atomic E-state index is 4.12. The third-order valence-corrected chi connectivity index (χ3v) is 4.29. The Morgan fingerprint density at radius 1 is 0.833 bits per heavy atom. The molecule has 0 amide bonds. The van der Waals surface area contributed by atoms with Crippen molar-refractivity contribution in [3.8, 4) is 16.8 Å². The highest BCUT2D eigenvalue weighted by atomic mass is 15.5. The van der Waals surface area contributed by atoms with Gasteiger partial charge in [-0.1, -0.05) is 42.5 Å². The number of likely N-dealkylation sites (tertiary alicyclic amines) is 1. The van der Waals surface area contributed by atoms with Crippen molar-refractivity contribution in [1.29, 1.82) is 0 Å². The number of rotatable bonds is 4. The van der Waals surface area contributed by atoms with E-state index in [1.807, 2.05) is 36.4 Å². The lowest BCUT2D eigenvalue weighted by atomic mass is 10.1. The van der Waals surface area contributed by atoms with Gasteiger partial charge in [0.15, 0.2) is 5.82 Å². The standard InChI is InChI=1S/C19H19N5/c1-2-6-16(7-3-1)17-8-10-18(11-9-17)24-19(20-21-22-24)12-15-23-13-4-5-14-23/h1-3,6-12,15H,4-5,13-14H2/b15-12-. The monoisotopic (exact) mass is 317 g/mol. The molecule has 1 aliphatic heterocycles. The normalized spacial score (nSPS) is 14.6. The summed E-state index contributed by atoms with van der Waals surface area (Å²) in [6.07, 6.45) is 6.59. The highest BCUT2D eigenvalue weighted by Gasteiger charge is 2.09. The van der Waals surface area contributed by atoms with Crippen LogP contribution in [-0.4, -0.2) is 38.2 Å². The second-order valence-corrected chi connectivity index (χ2v) is 5.92. The first-order valence-electron chi connectivity index (χ1n) is 8.27. The molecule has 0 bridgehead atoms. The number of hydrogen-bond donors (Lipinski definition) is 0. The summed E-state index contributed by atoms with van der Waals surface area (Å²) in [7, 11) is 0. The Morgan fingerprint density at radius 3 is 2.29 bits per heavy atom. The van der Waals surface area contributed by atoms with Gasteiger partial charge in [0.2, 0.25) is 0 Å². The van der Waals surface area contributed by atoms with E-state index in [4.69, 9.17) is 0 Å². The smallest absolute Gasteiger partial charge is 0.181 e. The summed E-state index contributed by atoms with van der Waals surface area (Å²) in [5.41, 5.74) is 3.34. The van der Waals surface area contributed by atoms with Gasteiger partial charge in [-0.25, -0.2) is 0 Å². The first kappa shape index (κ1) is 14.6. The van der Waals surface area contributed by atoms with Crippen LogP contribution >= 0.6 is 0 Å². The van der Waals surface area contributed by atoms with Crippen molar-refractivity contribution in [1.82, 2.24) is 25.1 Å². The molecule has 2 heterocycles. The Kier molecular flexibility index (Phi) is 4.06. The topological polar surface area (TPSA) is 46.8 Å². The molecule has 0 radical (unpaired) electrons. The molecule has 1 fully saturated rings. The summed E-state index contributed by atoms with van der Waals surface area (Å²) in [5, 5.41) is 12.1. The third-order valence-electron chi connectivity index (χ3n) is 4.29. The third kappa shape index (κ3) is 3.06. The largest absolute Gasteiger partial charge is 0.377 e. The van der Waals surface area contributed by atoms with Gasteiger partial charge in [-0.15, -0.1) is 5.10 Å². The first-order valence-corrected chi connectivity index (χ1v) is 8.27. The molecule has 4 rings (SSSR count). The van der Waals surface area contributed by atoms with Gasteiger partial charge in [0.05, 0.1) is 5.69 Å². The predicted octanol–water partition coefficient (Wildman–Crippen LogP) is 3.40. The molecule has 0 unspecified atom stereocenters. The average molecular weight is 317 g/mol. The van der Waals surface area contributed by atoms with Gasteiger partial charge in [0, 0.05) is 25.4 Å². The highest BCUT2D eigenvalue weighted by Crippen LogP contribution is 2.21. The molecule has 5 heteroatoms. The number of nitrogens with zero attached hydrogens (tertiary/aromatic N) is 5. The van der Waals surface area contributed by atoms with Gasteiger partial charge >= 0.3 is 0 Å². The summed E-state index contributed by atoms with van der Waals surface area (Å²) in [6.45, 7) is 2.23. The van der Waals surface area contributed by atoms with Gasteiger partial charge in [0.1, 0.15) is 0 Å². The zero-order valence-electron chi connectivity index (χ0n) is 13.4. The molecule has 3 aromatic rings. The van der Waals surface area contributed by atoms with Crippen LogP contribution in [0.2, 0.25) is 0 Å². The summed E-state index contributed by atoms with van der Waals surface area (Å²) < 4.78 is 1.77. The van der Waals surface area contributed by atoms with Crippen LogP contribution in [0.5, 0.6) is 0 Å². The second kappa shape index (κ2) is 6.66. The van der Waals surface area contributed by atoms with Gasteiger partial charge in [0.25, 0.3) is 0 Å². The molecule has 2 aromatic carbocycles. The zero-order chi connectivity index (χ0) is 16.2. The fourth-order valence-electron chi connectivity index (χ4n) is 2.97. The van der Waals surface area contributed by atoms with E-state index in [0.29, 0.717) is 0 Å². The number of hydrogen-bond acceptors (Lipinski definition) is 4. The van der Waals surface area contributed by atoms with Crippen LogP contribution < -0.4 is 0 Å². The molecule has 0 spiro atoms. The van der Waals surface area contributed by atoms with E-state index in [1.165, 1.54) is 24.0 Å². The van der Waals surface area contributed by atoms with Crippen molar-refractivity contribution in [3.63, 3.8) is 0 Å². The summed E-state index contributed by atoms with van der Waals surface area (Å²) in [4.78, 5) is 2.30. The van der Waals surface area contributed by atoms with E-state index in [9.17, 15) is 0 Å². The lowest BCUT2D eigenvalue weighted by molar-refractivity contribution is 0.470. The molecule has 1 saturated heterocycles. The van der Waals surface area contributed by atoms with Gasteiger partial charge in [-0.2, -0.15) is 4.68 Å². The van der Waals surface area contributed by atoms with Gasteiger partial charge in [-0.3, -0.25) is 0 Å². The minimum atomic E-state index is 0.745. The van der Waals surface area contributed by atoms with E-state index in [0.717, 1.165) is 24.6 Å². The second-order valence-electron chi connectivity index (χ2n) is 5.92.